The molecule has 1 aromatic heterocycles. The average molecular weight is 361 g/mol. The molecule has 0 unspecified atom stereocenters. The van der Waals surface area contributed by atoms with Gasteiger partial charge in [-0.25, -0.2) is 4.99 Å². The second kappa shape index (κ2) is 11.1. The molecule has 0 atom stereocenters. The topological polar surface area (TPSA) is 93.8 Å². The Hall–Kier alpha value is -2.61. The molecule has 0 saturated heterocycles. The Labute approximate surface area is 154 Å². The molecular formula is C18H27N5O3. The Morgan fingerprint density at radius 1 is 1.23 bits per heavy atom. The van der Waals surface area contributed by atoms with Crippen molar-refractivity contribution in [2.75, 3.05) is 26.9 Å². The Kier molecular flexibility index (Phi) is 8.41. The maximum absolute atomic E-state index is 5.35. The van der Waals surface area contributed by atoms with E-state index in [1.807, 2.05) is 31.2 Å². The van der Waals surface area contributed by atoms with Crippen LogP contribution in [-0.2, 0) is 17.8 Å². The standard InChI is InChI=1S/C18H27N5O3/c1-4-25-11-5-10-19-18(21-13-17-22-14(2)23-26-17)20-12-15-6-8-16(24-3)9-7-15/h6-9H,4-5,10-13H2,1-3H3,(H2,19,20,21). The minimum absolute atomic E-state index is 0.417. The molecule has 8 heteroatoms. The largest absolute Gasteiger partial charge is 0.497 e. The predicted octanol–water partition coefficient (Wildman–Crippen LogP) is 2.05. The van der Waals surface area contributed by atoms with E-state index in [1.165, 1.54) is 0 Å². The molecule has 0 aliphatic heterocycles. The van der Waals surface area contributed by atoms with Crippen LogP contribution in [0, 0.1) is 6.92 Å². The molecule has 26 heavy (non-hydrogen) atoms. The number of aromatic nitrogens is 2. The molecular weight excluding hydrogens is 334 g/mol. The summed E-state index contributed by atoms with van der Waals surface area (Å²) in [6.45, 7) is 6.96. The van der Waals surface area contributed by atoms with Gasteiger partial charge in [0.05, 0.1) is 20.2 Å². The number of nitrogens with one attached hydrogen (secondary N) is 2. The van der Waals surface area contributed by atoms with E-state index in [4.69, 9.17) is 14.0 Å². The van der Waals surface area contributed by atoms with Gasteiger partial charge in [0.25, 0.3) is 0 Å². The van der Waals surface area contributed by atoms with Gasteiger partial charge in [0.1, 0.15) is 5.75 Å². The molecule has 1 aromatic carbocycles. The molecule has 0 amide bonds. The smallest absolute Gasteiger partial charge is 0.246 e. The molecule has 2 aromatic rings. The highest BCUT2D eigenvalue weighted by atomic mass is 16.5. The van der Waals surface area contributed by atoms with E-state index in [2.05, 4.69) is 25.8 Å². The molecule has 0 aliphatic carbocycles. The van der Waals surface area contributed by atoms with Crippen molar-refractivity contribution in [2.24, 2.45) is 4.99 Å². The van der Waals surface area contributed by atoms with Crippen LogP contribution >= 0.6 is 0 Å². The van der Waals surface area contributed by atoms with Crippen molar-refractivity contribution >= 4 is 5.96 Å². The summed E-state index contributed by atoms with van der Waals surface area (Å²) in [5.41, 5.74) is 1.09. The molecule has 142 valence electrons. The van der Waals surface area contributed by atoms with Crippen LogP contribution in [0.5, 0.6) is 5.75 Å². The highest BCUT2D eigenvalue weighted by Crippen LogP contribution is 2.11. The van der Waals surface area contributed by atoms with Gasteiger partial charge < -0.3 is 24.6 Å². The van der Waals surface area contributed by atoms with Crippen LogP contribution in [0.1, 0.15) is 30.6 Å². The Morgan fingerprint density at radius 2 is 2.04 bits per heavy atom. The van der Waals surface area contributed by atoms with Crippen LogP contribution in [-0.4, -0.2) is 43.0 Å². The summed E-state index contributed by atoms with van der Waals surface area (Å²) in [4.78, 5) is 8.80. The molecule has 2 N–H and O–H groups in total. The van der Waals surface area contributed by atoms with Crippen molar-refractivity contribution in [2.45, 2.75) is 33.4 Å². The van der Waals surface area contributed by atoms with Crippen LogP contribution in [0.3, 0.4) is 0 Å². The number of nitrogens with zero attached hydrogens (tertiary/aromatic N) is 3. The lowest BCUT2D eigenvalue weighted by atomic mass is 10.2. The van der Waals surface area contributed by atoms with E-state index in [1.54, 1.807) is 14.0 Å². The minimum Gasteiger partial charge on any atom is -0.497 e. The van der Waals surface area contributed by atoms with Crippen LogP contribution in [0.25, 0.3) is 0 Å². The first-order valence-corrected chi connectivity index (χ1v) is 8.73. The fourth-order valence-corrected chi connectivity index (χ4v) is 2.17. The fourth-order valence-electron chi connectivity index (χ4n) is 2.17. The first kappa shape index (κ1) is 19.7. The van der Waals surface area contributed by atoms with Gasteiger partial charge in [-0.3, -0.25) is 0 Å². The Bertz CT molecular complexity index is 670. The van der Waals surface area contributed by atoms with Gasteiger partial charge in [0.2, 0.25) is 5.89 Å². The zero-order chi connectivity index (χ0) is 18.6. The quantitative estimate of drug-likeness (QED) is 0.380. The summed E-state index contributed by atoms with van der Waals surface area (Å²) in [6.07, 6.45) is 0.900. The molecule has 0 radical (unpaired) electrons. The summed E-state index contributed by atoms with van der Waals surface area (Å²) >= 11 is 0. The van der Waals surface area contributed by atoms with Crippen molar-refractivity contribution < 1.29 is 14.0 Å². The van der Waals surface area contributed by atoms with Crippen LogP contribution in [0.4, 0.5) is 0 Å². The average Bonchev–Trinajstić information content (AvgIpc) is 3.08. The SMILES string of the molecule is CCOCCCNC(=NCc1ccc(OC)cc1)NCc1nc(C)no1. The number of aliphatic imine (C=N–C) groups is 1. The van der Waals surface area contributed by atoms with E-state index in [0.29, 0.717) is 30.8 Å². The molecule has 0 saturated carbocycles. The van der Waals surface area contributed by atoms with Crippen molar-refractivity contribution in [3.63, 3.8) is 0 Å². The summed E-state index contributed by atoms with van der Waals surface area (Å²) in [5, 5.41) is 10.3. The maximum Gasteiger partial charge on any atom is 0.246 e. The van der Waals surface area contributed by atoms with Crippen molar-refractivity contribution in [3.05, 3.63) is 41.5 Å². The van der Waals surface area contributed by atoms with Gasteiger partial charge in [-0.15, -0.1) is 0 Å². The third-order valence-electron chi connectivity index (χ3n) is 3.52. The Morgan fingerprint density at radius 3 is 2.69 bits per heavy atom. The number of hydrogen-bond donors (Lipinski definition) is 2. The molecule has 0 fully saturated rings. The summed E-state index contributed by atoms with van der Waals surface area (Å²) in [7, 11) is 1.65. The van der Waals surface area contributed by atoms with E-state index in [0.717, 1.165) is 37.5 Å². The number of aryl methyl sites for hydroxylation is 1. The van der Waals surface area contributed by atoms with Crippen LogP contribution in [0.2, 0.25) is 0 Å². The lowest BCUT2D eigenvalue weighted by Crippen LogP contribution is -2.38. The predicted molar refractivity (Wildman–Crippen MR) is 99.1 cm³/mol. The third kappa shape index (κ3) is 7.10. The summed E-state index contributed by atoms with van der Waals surface area (Å²) in [5.74, 6) is 2.66. The minimum atomic E-state index is 0.417. The Balaban J connectivity index is 1.90. The zero-order valence-electron chi connectivity index (χ0n) is 15.6. The van der Waals surface area contributed by atoms with E-state index in [-0.39, 0.29) is 0 Å². The summed E-state index contributed by atoms with van der Waals surface area (Å²) < 4.78 is 15.6. The van der Waals surface area contributed by atoms with Gasteiger partial charge in [0, 0.05) is 19.8 Å². The number of methoxy groups -OCH3 is 1. The number of benzene rings is 1. The lowest BCUT2D eigenvalue weighted by Gasteiger charge is -2.11. The normalized spacial score (nSPS) is 11.4. The molecule has 0 bridgehead atoms. The van der Waals surface area contributed by atoms with Crippen molar-refractivity contribution in [3.8, 4) is 5.75 Å². The first-order chi connectivity index (χ1) is 12.7. The van der Waals surface area contributed by atoms with Gasteiger partial charge >= 0.3 is 0 Å². The third-order valence-corrected chi connectivity index (χ3v) is 3.52. The highest BCUT2D eigenvalue weighted by molar-refractivity contribution is 5.79. The molecule has 8 nitrogen and oxygen atoms in total. The molecule has 0 spiro atoms. The lowest BCUT2D eigenvalue weighted by molar-refractivity contribution is 0.145. The highest BCUT2D eigenvalue weighted by Gasteiger charge is 2.05. The van der Waals surface area contributed by atoms with E-state index in [9.17, 15) is 0 Å². The monoisotopic (exact) mass is 361 g/mol. The fraction of sp³-hybridized carbons (Fsp3) is 0.500. The second-order valence-corrected chi connectivity index (χ2v) is 5.58. The van der Waals surface area contributed by atoms with E-state index < -0.39 is 0 Å². The first-order valence-electron chi connectivity index (χ1n) is 8.73. The number of hydrogen-bond acceptors (Lipinski definition) is 6. The molecule has 2 rings (SSSR count). The van der Waals surface area contributed by atoms with Crippen LogP contribution in [0.15, 0.2) is 33.8 Å². The zero-order valence-corrected chi connectivity index (χ0v) is 15.6. The van der Waals surface area contributed by atoms with Gasteiger partial charge in [0.15, 0.2) is 11.8 Å². The van der Waals surface area contributed by atoms with Crippen LogP contribution < -0.4 is 15.4 Å². The number of ether oxygens (including phenoxy) is 2. The van der Waals surface area contributed by atoms with Gasteiger partial charge in [-0.05, 0) is 38.0 Å². The summed E-state index contributed by atoms with van der Waals surface area (Å²) in [6, 6.07) is 7.84. The van der Waals surface area contributed by atoms with Gasteiger partial charge in [-0.1, -0.05) is 17.3 Å². The molecule has 1 heterocycles. The number of rotatable bonds is 10. The van der Waals surface area contributed by atoms with Crippen molar-refractivity contribution in [1.82, 2.24) is 20.8 Å². The number of guanidine groups is 1. The maximum atomic E-state index is 5.35. The second-order valence-electron chi connectivity index (χ2n) is 5.58. The van der Waals surface area contributed by atoms with Gasteiger partial charge in [-0.2, -0.15) is 4.98 Å². The van der Waals surface area contributed by atoms with Crippen molar-refractivity contribution in [1.29, 1.82) is 0 Å². The van der Waals surface area contributed by atoms with E-state index >= 15 is 0 Å². The molecule has 0 aliphatic rings.